The summed E-state index contributed by atoms with van der Waals surface area (Å²) in [5, 5.41) is 3.72. The van der Waals surface area contributed by atoms with Crippen LogP contribution >= 0.6 is 15.9 Å². The van der Waals surface area contributed by atoms with Gasteiger partial charge in [0.25, 0.3) is 5.89 Å². The number of aryl methyl sites for hydroxylation is 1. The molecule has 0 aliphatic heterocycles. The van der Waals surface area contributed by atoms with E-state index in [-0.39, 0.29) is 6.61 Å². The van der Waals surface area contributed by atoms with Crippen molar-refractivity contribution in [2.75, 3.05) is 7.11 Å². The zero-order valence-corrected chi connectivity index (χ0v) is 15.4. The van der Waals surface area contributed by atoms with Gasteiger partial charge in [-0.25, -0.2) is 0 Å². The van der Waals surface area contributed by atoms with Gasteiger partial charge >= 0.3 is 0 Å². The third-order valence-corrected chi connectivity index (χ3v) is 3.89. The van der Waals surface area contributed by atoms with Crippen LogP contribution in [0.3, 0.4) is 0 Å². The molecule has 0 fully saturated rings. The van der Waals surface area contributed by atoms with E-state index >= 15 is 0 Å². The summed E-state index contributed by atoms with van der Waals surface area (Å²) in [5.41, 5.74) is 0.962. The van der Waals surface area contributed by atoms with Crippen LogP contribution < -0.4 is 14.2 Å². The summed E-state index contributed by atoms with van der Waals surface area (Å²) >= 11 is 3.45. The number of nitrogens with zero attached hydrogens (tertiary/aromatic N) is 2. The smallest absolute Gasteiger partial charge is 0.264 e. The second-order valence-electron chi connectivity index (χ2n) is 5.24. The van der Waals surface area contributed by atoms with Gasteiger partial charge in [0.05, 0.1) is 7.11 Å². The van der Waals surface area contributed by atoms with Gasteiger partial charge in [0.1, 0.15) is 23.9 Å². The molecule has 2 aromatic carbocycles. The van der Waals surface area contributed by atoms with Crippen LogP contribution in [-0.4, -0.2) is 17.3 Å². The van der Waals surface area contributed by atoms with Gasteiger partial charge in [0.15, 0.2) is 12.4 Å². The lowest BCUT2D eigenvalue weighted by molar-refractivity contribution is 0.242. The van der Waals surface area contributed by atoms with Gasteiger partial charge in [-0.05, 0) is 49.4 Å². The van der Waals surface area contributed by atoms with Crippen LogP contribution in [0.1, 0.15) is 17.3 Å². The molecular weight excluding hydrogens is 388 g/mol. The van der Waals surface area contributed by atoms with Crippen molar-refractivity contribution in [3.05, 3.63) is 64.2 Å². The van der Waals surface area contributed by atoms with Crippen LogP contribution in [0.15, 0.2) is 51.5 Å². The van der Waals surface area contributed by atoms with Crippen molar-refractivity contribution in [3.8, 4) is 17.2 Å². The van der Waals surface area contributed by atoms with Crippen LogP contribution in [0.5, 0.6) is 17.2 Å². The van der Waals surface area contributed by atoms with E-state index in [1.165, 1.54) is 0 Å². The average molecular weight is 405 g/mol. The fraction of sp³-hybridized carbons (Fsp3) is 0.222. The van der Waals surface area contributed by atoms with E-state index in [2.05, 4.69) is 26.1 Å². The van der Waals surface area contributed by atoms with E-state index in [0.29, 0.717) is 24.1 Å². The zero-order chi connectivity index (χ0) is 17.6. The van der Waals surface area contributed by atoms with Gasteiger partial charge in [-0.3, -0.25) is 0 Å². The molecule has 0 saturated carbocycles. The molecule has 1 aromatic heterocycles. The number of ether oxygens (including phenoxy) is 3. The molecule has 0 aliphatic carbocycles. The number of methoxy groups -OCH3 is 1. The normalized spacial score (nSPS) is 10.5. The number of rotatable bonds is 7. The number of halogens is 1. The van der Waals surface area contributed by atoms with Crippen molar-refractivity contribution in [1.82, 2.24) is 10.1 Å². The second-order valence-corrected chi connectivity index (χ2v) is 6.16. The van der Waals surface area contributed by atoms with Crippen molar-refractivity contribution in [3.63, 3.8) is 0 Å². The Morgan fingerprint density at radius 1 is 1.00 bits per heavy atom. The van der Waals surface area contributed by atoms with Crippen LogP contribution in [0.4, 0.5) is 0 Å². The zero-order valence-electron chi connectivity index (χ0n) is 13.9. The maximum atomic E-state index is 5.81. The van der Waals surface area contributed by atoms with Crippen molar-refractivity contribution in [2.45, 2.75) is 20.1 Å². The minimum absolute atomic E-state index is 0.232. The van der Waals surface area contributed by atoms with Gasteiger partial charge in [-0.1, -0.05) is 21.1 Å². The Hall–Kier alpha value is -2.54. The van der Waals surface area contributed by atoms with Crippen molar-refractivity contribution in [1.29, 1.82) is 0 Å². The van der Waals surface area contributed by atoms with Gasteiger partial charge in [-0.15, -0.1) is 0 Å². The molecule has 0 amide bonds. The van der Waals surface area contributed by atoms with E-state index < -0.39 is 0 Å². The molecule has 0 unspecified atom stereocenters. The molecule has 1 heterocycles. The maximum Gasteiger partial charge on any atom is 0.264 e. The first-order valence-corrected chi connectivity index (χ1v) is 8.40. The number of hydrogen-bond donors (Lipinski definition) is 0. The molecule has 130 valence electrons. The Morgan fingerprint density at radius 3 is 2.28 bits per heavy atom. The van der Waals surface area contributed by atoms with Gasteiger partial charge in [0.2, 0.25) is 0 Å². The molecule has 0 spiro atoms. The topological polar surface area (TPSA) is 66.6 Å². The number of hydrogen-bond acceptors (Lipinski definition) is 6. The summed E-state index contributed by atoms with van der Waals surface area (Å²) < 4.78 is 22.7. The van der Waals surface area contributed by atoms with E-state index in [1.54, 1.807) is 14.0 Å². The molecule has 25 heavy (non-hydrogen) atoms. The Kier molecular flexibility index (Phi) is 5.55. The monoisotopic (exact) mass is 404 g/mol. The van der Waals surface area contributed by atoms with Crippen molar-refractivity contribution < 1.29 is 18.7 Å². The molecule has 0 bridgehead atoms. The minimum atomic E-state index is 0.232. The van der Waals surface area contributed by atoms with Crippen LogP contribution in [0.2, 0.25) is 0 Å². The predicted molar refractivity (Wildman–Crippen MR) is 94.8 cm³/mol. The van der Waals surface area contributed by atoms with Crippen LogP contribution in [-0.2, 0) is 13.2 Å². The highest BCUT2D eigenvalue weighted by molar-refractivity contribution is 9.10. The van der Waals surface area contributed by atoms with Crippen LogP contribution in [0.25, 0.3) is 0 Å². The number of benzene rings is 2. The van der Waals surface area contributed by atoms with Crippen molar-refractivity contribution in [2.24, 2.45) is 0 Å². The minimum Gasteiger partial charge on any atom is -0.496 e. The lowest BCUT2D eigenvalue weighted by Gasteiger charge is -2.11. The lowest BCUT2D eigenvalue weighted by atomic mass is 10.2. The fourth-order valence-electron chi connectivity index (χ4n) is 2.20. The van der Waals surface area contributed by atoms with E-state index in [1.807, 2.05) is 42.5 Å². The molecule has 0 aliphatic rings. The Bertz CT molecular complexity index is 833. The standard InChI is InChI=1S/C18H17BrN2O4/c1-12-20-18(25-21-12)11-24-16-6-4-15(5-7-16)23-10-13-9-14(19)3-8-17(13)22-2/h3-9H,10-11H2,1-2H3. The second kappa shape index (κ2) is 8.02. The third-order valence-electron chi connectivity index (χ3n) is 3.39. The SMILES string of the molecule is COc1ccc(Br)cc1COc1ccc(OCc2nc(C)no2)cc1. The molecule has 3 rings (SSSR count). The maximum absolute atomic E-state index is 5.81. The largest absolute Gasteiger partial charge is 0.496 e. The summed E-state index contributed by atoms with van der Waals surface area (Å²) in [6.45, 7) is 2.40. The predicted octanol–water partition coefficient (Wildman–Crippen LogP) is 4.31. The van der Waals surface area contributed by atoms with Gasteiger partial charge < -0.3 is 18.7 Å². The fourth-order valence-corrected chi connectivity index (χ4v) is 2.61. The van der Waals surface area contributed by atoms with Crippen molar-refractivity contribution >= 4 is 15.9 Å². The van der Waals surface area contributed by atoms with E-state index in [4.69, 9.17) is 18.7 Å². The summed E-state index contributed by atoms with van der Waals surface area (Å²) in [5.74, 6) is 3.26. The van der Waals surface area contributed by atoms with Gasteiger partial charge in [-0.2, -0.15) is 4.98 Å². The summed E-state index contributed by atoms with van der Waals surface area (Å²) in [6, 6.07) is 13.2. The van der Waals surface area contributed by atoms with E-state index in [9.17, 15) is 0 Å². The average Bonchev–Trinajstić information content (AvgIpc) is 3.04. The van der Waals surface area contributed by atoms with E-state index in [0.717, 1.165) is 21.5 Å². The van der Waals surface area contributed by atoms with Gasteiger partial charge in [0, 0.05) is 10.0 Å². The first kappa shape index (κ1) is 17.3. The molecule has 3 aromatic rings. The molecule has 0 atom stereocenters. The Labute approximate surface area is 153 Å². The lowest BCUT2D eigenvalue weighted by Crippen LogP contribution is -1.99. The first-order valence-electron chi connectivity index (χ1n) is 7.61. The highest BCUT2D eigenvalue weighted by Crippen LogP contribution is 2.25. The Morgan fingerprint density at radius 2 is 1.68 bits per heavy atom. The number of aromatic nitrogens is 2. The summed E-state index contributed by atoms with van der Waals surface area (Å²) in [6.07, 6.45) is 0. The van der Waals surface area contributed by atoms with Crippen LogP contribution in [0, 0.1) is 6.92 Å². The molecule has 0 saturated heterocycles. The molecule has 0 N–H and O–H groups in total. The molecule has 0 radical (unpaired) electrons. The molecule has 7 heteroatoms. The molecular formula is C18H17BrN2O4. The Balaban J connectivity index is 1.56. The summed E-state index contributed by atoms with van der Waals surface area (Å²) in [7, 11) is 1.64. The highest BCUT2D eigenvalue weighted by Gasteiger charge is 2.06. The molecule has 6 nitrogen and oxygen atoms in total. The quantitative estimate of drug-likeness (QED) is 0.584. The summed E-state index contributed by atoms with van der Waals surface area (Å²) in [4.78, 5) is 4.09. The first-order chi connectivity index (χ1) is 12.1. The third kappa shape index (κ3) is 4.73. The highest BCUT2D eigenvalue weighted by atomic mass is 79.9.